The normalized spacial score (nSPS) is 16.7. The van der Waals surface area contributed by atoms with Crippen LogP contribution in [0.15, 0.2) is 30.3 Å². The molecule has 1 unspecified atom stereocenters. The van der Waals surface area contributed by atoms with Crippen molar-refractivity contribution in [3.63, 3.8) is 0 Å². The van der Waals surface area contributed by atoms with Crippen LogP contribution in [-0.2, 0) is 35.2 Å². The zero-order chi connectivity index (χ0) is 36.8. The minimum Gasteiger partial charge on any atom is -0.344 e. The lowest BCUT2D eigenvalue weighted by Gasteiger charge is -2.32. The fraction of sp³-hybridized carbons (Fsp3) is 0.629. The second-order valence-corrected chi connectivity index (χ2v) is 13.6. The maximum Gasteiger partial charge on any atom is 0.290 e. The molecule has 1 fully saturated rings. The molecule has 0 aliphatic carbocycles. The van der Waals surface area contributed by atoms with Crippen LogP contribution >= 0.6 is 0 Å². The molecule has 0 bridgehead atoms. The van der Waals surface area contributed by atoms with Crippen molar-refractivity contribution in [2.24, 2.45) is 11.8 Å². The predicted octanol–water partition coefficient (Wildman–Crippen LogP) is 1.92. The van der Waals surface area contributed by atoms with Crippen LogP contribution in [0.5, 0.6) is 0 Å². The molecule has 274 valence electrons. The molecule has 1 saturated heterocycles. The van der Waals surface area contributed by atoms with E-state index < -0.39 is 59.6 Å². The van der Waals surface area contributed by atoms with Gasteiger partial charge in [0.05, 0.1) is 12.1 Å². The van der Waals surface area contributed by atoms with Crippen LogP contribution < -0.4 is 21.3 Å². The van der Waals surface area contributed by atoms with E-state index >= 15 is 0 Å². The number of likely N-dealkylation sites (tertiary alicyclic amines) is 1. The number of benzene rings is 1. The quantitative estimate of drug-likeness (QED) is 0.107. The molecule has 15 heteroatoms. The Balaban J connectivity index is 1.61. The van der Waals surface area contributed by atoms with Crippen molar-refractivity contribution in [3.8, 4) is 0 Å². The number of aryl methyl sites for hydroxylation is 1. The highest BCUT2D eigenvalue weighted by atomic mass is 16.2. The third kappa shape index (κ3) is 11.4. The van der Waals surface area contributed by atoms with Crippen molar-refractivity contribution >= 4 is 35.3 Å². The number of carbonyl (C=O) groups is 6. The average molecular weight is 696 g/mol. The lowest BCUT2D eigenvalue weighted by Crippen LogP contribution is -2.59. The first-order valence-corrected chi connectivity index (χ1v) is 17.7. The largest absolute Gasteiger partial charge is 0.344 e. The number of nitrogens with zero attached hydrogens (tertiary/aromatic N) is 4. The summed E-state index contributed by atoms with van der Waals surface area (Å²) >= 11 is 0. The fourth-order valence-corrected chi connectivity index (χ4v) is 5.96. The van der Waals surface area contributed by atoms with E-state index in [4.69, 9.17) is 0 Å². The SMILES string of the molecule is CCCC(NC(=O)[C@@H]1CCCN1C(=O)[C@@H](NC(=O)[C@H](NC(=O)CCCCc1nnn[nH]1)C(C)C)C(C)C)C(=O)C(=O)N[C@@H](C)c1ccccc1. The summed E-state index contributed by atoms with van der Waals surface area (Å²) in [4.78, 5) is 81.3. The van der Waals surface area contributed by atoms with Crippen molar-refractivity contribution in [1.82, 2.24) is 46.8 Å². The van der Waals surface area contributed by atoms with E-state index in [-0.39, 0.29) is 30.6 Å². The molecule has 3 rings (SSSR count). The third-order valence-corrected chi connectivity index (χ3v) is 8.87. The van der Waals surface area contributed by atoms with Gasteiger partial charge in [0.15, 0.2) is 0 Å². The van der Waals surface area contributed by atoms with Crippen LogP contribution in [0.1, 0.15) is 104 Å². The highest BCUT2D eigenvalue weighted by Crippen LogP contribution is 2.21. The van der Waals surface area contributed by atoms with Crippen molar-refractivity contribution in [2.75, 3.05) is 6.54 Å². The lowest BCUT2D eigenvalue weighted by molar-refractivity contribution is -0.144. The Kier molecular flexibility index (Phi) is 15.5. The van der Waals surface area contributed by atoms with E-state index in [0.717, 1.165) is 5.56 Å². The standard InChI is InChI=1S/C35H53N9O6/c1-7-14-25(31(46)34(49)36-23(6)24-15-9-8-10-16-24)37-32(47)26-17-13-20-44(26)35(50)30(22(4)5)39-33(48)29(21(2)3)38-28(45)19-12-11-18-27-40-42-43-41-27/h8-10,15-16,21-23,25-26,29-30H,7,11-14,17-20H2,1-6H3,(H,36,49)(H,37,47)(H,38,45)(H,39,48)(H,40,41,42,43)/t23-,25?,26-,29+,30-/m0/s1. The molecule has 2 heterocycles. The van der Waals surface area contributed by atoms with Gasteiger partial charge in [-0.05, 0) is 66.9 Å². The number of aromatic nitrogens is 4. The van der Waals surface area contributed by atoms with E-state index in [1.807, 2.05) is 51.1 Å². The number of nitrogens with one attached hydrogen (secondary N) is 5. The van der Waals surface area contributed by atoms with Gasteiger partial charge in [0.2, 0.25) is 29.4 Å². The molecule has 2 aromatic rings. The number of H-pyrrole nitrogens is 1. The molecule has 0 saturated carbocycles. The first-order chi connectivity index (χ1) is 23.8. The Hall–Kier alpha value is -4.69. The number of tetrazole rings is 1. The van der Waals surface area contributed by atoms with Gasteiger partial charge in [-0.2, -0.15) is 0 Å². The number of hydrogen-bond donors (Lipinski definition) is 5. The van der Waals surface area contributed by atoms with E-state index in [1.165, 1.54) is 4.90 Å². The first-order valence-electron chi connectivity index (χ1n) is 17.7. The number of rotatable bonds is 19. The minimum atomic E-state index is -1.05. The second kappa shape index (κ2) is 19.5. The van der Waals surface area contributed by atoms with Gasteiger partial charge in [0, 0.05) is 19.4 Å². The zero-order valence-corrected chi connectivity index (χ0v) is 30.0. The van der Waals surface area contributed by atoms with E-state index in [1.54, 1.807) is 20.8 Å². The Bertz CT molecular complexity index is 1430. The van der Waals surface area contributed by atoms with Crippen molar-refractivity contribution in [3.05, 3.63) is 41.7 Å². The molecule has 1 aromatic heterocycles. The van der Waals surface area contributed by atoms with Crippen molar-refractivity contribution < 1.29 is 28.8 Å². The van der Waals surface area contributed by atoms with Gasteiger partial charge in [-0.1, -0.05) is 71.4 Å². The second-order valence-electron chi connectivity index (χ2n) is 13.6. The molecule has 1 aliphatic heterocycles. The van der Waals surface area contributed by atoms with Crippen molar-refractivity contribution in [1.29, 1.82) is 0 Å². The summed E-state index contributed by atoms with van der Waals surface area (Å²) in [6.45, 7) is 11.1. The van der Waals surface area contributed by atoms with Gasteiger partial charge in [-0.25, -0.2) is 5.10 Å². The monoisotopic (exact) mass is 695 g/mol. The third-order valence-electron chi connectivity index (χ3n) is 8.87. The number of amides is 5. The highest BCUT2D eigenvalue weighted by Gasteiger charge is 2.41. The predicted molar refractivity (Wildman–Crippen MR) is 185 cm³/mol. The number of unbranched alkanes of at least 4 members (excludes halogenated alkanes) is 1. The Morgan fingerprint density at radius 2 is 1.60 bits per heavy atom. The number of ketones is 1. The van der Waals surface area contributed by atoms with Crippen LogP contribution in [0.2, 0.25) is 0 Å². The van der Waals surface area contributed by atoms with Crippen LogP contribution in [-0.4, -0.2) is 91.6 Å². The number of Topliss-reactive ketones (excluding diaryl/α,β-unsaturated/α-hetero) is 1. The summed E-state index contributed by atoms with van der Waals surface area (Å²) in [6, 6.07) is 5.09. The summed E-state index contributed by atoms with van der Waals surface area (Å²) in [6.07, 6.45) is 3.80. The summed E-state index contributed by atoms with van der Waals surface area (Å²) in [5.74, 6) is -3.20. The fourth-order valence-electron chi connectivity index (χ4n) is 5.96. The average Bonchev–Trinajstić information content (AvgIpc) is 3.80. The number of carbonyl (C=O) groups excluding carboxylic acids is 6. The molecule has 15 nitrogen and oxygen atoms in total. The summed E-state index contributed by atoms with van der Waals surface area (Å²) in [5, 5.41) is 24.7. The maximum atomic E-state index is 13.9. The molecular formula is C35H53N9O6. The Morgan fingerprint density at radius 1 is 0.900 bits per heavy atom. The number of hydrogen-bond acceptors (Lipinski definition) is 9. The zero-order valence-electron chi connectivity index (χ0n) is 30.0. The Labute approximate surface area is 293 Å². The first kappa shape index (κ1) is 39.7. The highest BCUT2D eigenvalue weighted by molar-refractivity contribution is 6.38. The van der Waals surface area contributed by atoms with Crippen LogP contribution in [0.4, 0.5) is 0 Å². The summed E-state index contributed by atoms with van der Waals surface area (Å²) in [7, 11) is 0. The van der Waals surface area contributed by atoms with Gasteiger partial charge < -0.3 is 26.2 Å². The molecule has 1 aliphatic rings. The van der Waals surface area contributed by atoms with E-state index in [2.05, 4.69) is 41.9 Å². The van der Waals surface area contributed by atoms with Crippen LogP contribution in [0.25, 0.3) is 0 Å². The molecule has 5 N–H and O–H groups in total. The molecule has 0 spiro atoms. The van der Waals surface area contributed by atoms with Crippen LogP contribution in [0.3, 0.4) is 0 Å². The van der Waals surface area contributed by atoms with Gasteiger partial charge >= 0.3 is 0 Å². The van der Waals surface area contributed by atoms with Gasteiger partial charge in [-0.3, -0.25) is 28.8 Å². The molecular weight excluding hydrogens is 642 g/mol. The topological polar surface area (TPSA) is 208 Å². The Morgan fingerprint density at radius 3 is 2.22 bits per heavy atom. The molecule has 5 atom stereocenters. The van der Waals surface area contributed by atoms with Gasteiger partial charge in [0.25, 0.3) is 5.91 Å². The van der Waals surface area contributed by atoms with E-state index in [0.29, 0.717) is 50.9 Å². The van der Waals surface area contributed by atoms with E-state index in [9.17, 15) is 28.8 Å². The minimum absolute atomic E-state index is 0.213. The molecule has 0 radical (unpaired) electrons. The lowest BCUT2D eigenvalue weighted by atomic mass is 9.98. The smallest absolute Gasteiger partial charge is 0.290 e. The molecule has 5 amide bonds. The number of aromatic amines is 1. The van der Waals surface area contributed by atoms with Crippen LogP contribution in [0, 0.1) is 11.8 Å². The summed E-state index contributed by atoms with van der Waals surface area (Å²) < 4.78 is 0. The summed E-state index contributed by atoms with van der Waals surface area (Å²) in [5.41, 5.74) is 0.840. The van der Waals surface area contributed by atoms with Gasteiger partial charge in [-0.15, -0.1) is 5.10 Å². The maximum absolute atomic E-state index is 13.9. The van der Waals surface area contributed by atoms with Gasteiger partial charge in [0.1, 0.15) is 23.9 Å². The molecule has 1 aromatic carbocycles. The van der Waals surface area contributed by atoms with Crippen molar-refractivity contribution in [2.45, 2.75) is 123 Å². The molecule has 50 heavy (non-hydrogen) atoms.